The van der Waals surface area contributed by atoms with Gasteiger partial charge in [0.15, 0.2) is 0 Å². The molecule has 106 valence electrons. The van der Waals surface area contributed by atoms with E-state index in [2.05, 4.69) is 10.2 Å². The molecule has 0 radical (unpaired) electrons. The van der Waals surface area contributed by atoms with Crippen LogP contribution < -0.4 is 5.32 Å². The Hall–Kier alpha value is -1.23. The topological polar surface area (TPSA) is 15.3 Å². The van der Waals surface area contributed by atoms with Crippen molar-refractivity contribution in [3.63, 3.8) is 0 Å². The maximum absolute atomic E-state index is 12.4. The molecule has 2 rings (SSSR count). The van der Waals surface area contributed by atoms with Crippen molar-refractivity contribution in [2.45, 2.75) is 25.4 Å². The average Bonchev–Trinajstić information content (AvgIpc) is 2.39. The van der Waals surface area contributed by atoms with Crippen molar-refractivity contribution in [2.24, 2.45) is 0 Å². The van der Waals surface area contributed by atoms with Crippen molar-refractivity contribution >= 4 is 5.69 Å². The van der Waals surface area contributed by atoms with Crippen LogP contribution in [-0.2, 0) is 6.18 Å². The van der Waals surface area contributed by atoms with Crippen LogP contribution in [0.3, 0.4) is 0 Å². The molecule has 0 aromatic heterocycles. The smallest absolute Gasteiger partial charge is 0.384 e. The Kier molecular flexibility index (Phi) is 4.69. The van der Waals surface area contributed by atoms with Crippen molar-refractivity contribution in [1.29, 1.82) is 0 Å². The maximum atomic E-state index is 12.4. The van der Waals surface area contributed by atoms with Gasteiger partial charge in [0.25, 0.3) is 0 Å². The summed E-state index contributed by atoms with van der Waals surface area (Å²) < 4.78 is 37.2. The normalized spacial score (nSPS) is 17.4. The van der Waals surface area contributed by atoms with Crippen LogP contribution in [0.15, 0.2) is 24.3 Å². The summed E-state index contributed by atoms with van der Waals surface area (Å²) in [4.78, 5) is 2.39. The van der Waals surface area contributed by atoms with Gasteiger partial charge in [-0.2, -0.15) is 13.2 Å². The third-order valence-corrected chi connectivity index (χ3v) is 3.42. The summed E-state index contributed by atoms with van der Waals surface area (Å²) in [5, 5.41) is 3.16. The van der Waals surface area contributed by atoms with E-state index in [0.29, 0.717) is 0 Å². The number of hydrogen-bond donors (Lipinski definition) is 1. The zero-order valence-electron chi connectivity index (χ0n) is 10.8. The molecule has 0 atom stereocenters. The lowest BCUT2D eigenvalue weighted by atomic mass is 10.1. The van der Waals surface area contributed by atoms with Crippen LogP contribution in [0.25, 0.3) is 0 Å². The number of halogens is 3. The Balaban J connectivity index is 1.76. The van der Waals surface area contributed by atoms with E-state index in [1.54, 1.807) is 0 Å². The molecule has 1 aromatic carbocycles. The number of hydrogen-bond acceptors (Lipinski definition) is 2. The molecular weight excluding hydrogens is 253 g/mol. The largest absolute Gasteiger partial charge is 0.416 e. The number of benzene rings is 1. The van der Waals surface area contributed by atoms with E-state index in [1.165, 1.54) is 31.4 Å². The Labute approximate surface area is 111 Å². The van der Waals surface area contributed by atoms with E-state index in [-0.39, 0.29) is 0 Å². The highest BCUT2D eigenvalue weighted by molar-refractivity contribution is 5.45. The number of likely N-dealkylation sites (tertiary alicyclic amines) is 1. The molecule has 1 aromatic rings. The third-order valence-electron chi connectivity index (χ3n) is 3.42. The summed E-state index contributed by atoms with van der Waals surface area (Å²) in [6.07, 6.45) is -0.449. The quantitative estimate of drug-likeness (QED) is 0.901. The van der Waals surface area contributed by atoms with Gasteiger partial charge in [0, 0.05) is 18.8 Å². The molecule has 1 heterocycles. The van der Waals surface area contributed by atoms with Crippen molar-refractivity contribution < 1.29 is 13.2 Å². The Morgan fingerprint density at radius 3 is 2.21 bits per heavy atom. The third kappa shape index (κ3) is 4.42. The first-order valence-electron chi connectivity index (χ1n) is 6.69. The van der Waals surface area contributed by atoms with Crippen LogP contribution in [0.2, 0.25) is 0 Å². The number of rotatable bonds is 4. The van der Waals surface area contributed by atoms with Crippen LogP contribution in [-0.4, -0.2) is 31.1 Å². The van der Waals surface area contributed by atoms with Crippen molar-refractivity contribution in [3.8, 4) is 0 Å². The molecule has 0 bridgehead atoms. The van der Waals surface area contributed by atoms with E-state index < -0.39 is 11.7 Å². The van der Waals surface area contributed by atoms with Crippen LogP contribution in [0, 0.1) is 0 Å². The van der Waals surface area contributed by atoms with Crippen molar-refractivity contribution in [2.75, 3.05) is 31.5 Å². The fourth-order valence-electron chi connectivity index (χ4n) is 2.32. The van der Waals surface area contributed by atoms with Gasteiger partial charge in [-0.05, 0) is 50.2 Å². The first kappa shape index (κ1) is 14.2. The zero-order chi connectivity index (χ0) is 13.7. The maximum Gasteiger partial charge on any atom is 0.416 e. The molecule has 1 N–H and O–H groups in total. The van der Waals surface area contributed by atoms with Crippen molar-refractivity contribution in [3.05, 3.63) is 29.8 Å². The Morgan fingerprint density at radius 1 is 1.00 bits per heavy atom. The highest BCUT2D eigenvalue weighted by Gasteiger charge is 2.29. The zero-order valence-corrected chi connectivity index (χ0v) is 10.8. The SMILES string of the molecule is FC(F)(F)c1ccc(NCCN2CCCCC2)cc1. The van der Waals surface area contributed by atoms with Crippen LogP contribution in [0.5, 0.6) is 0 Å². The summed E-state index contributed by atoms with van der Waals surface area (Å²) in [6, 6.07) is 5.20. The second kappa shape index (κ2) is 6.28. The molecule has 0 spiro atoms. The summed E-state index contributed by atoms with van der Waals surface area (Å²) in [7, 11) is 0. The van der Waals surface area contributed by atoms with E-state index in [1.807, 2.05) is 0 Å². The monoisotopic (exact) mass is 272 g/mol. The highest BCUT2D eigenvalue weighted by Crippen LogP contribution is 2.29. The van der Waals surface area contributed by atoms with Crippen LogP contribution >= 0.6 is 0 Å². The van der Waals surface area contributed by atoms with Gasteiger partial charge in [0.1, 0.15) is 0 Å². The van der Waals surface area contributed by atoms with Gasteiger partial charge in [0.2, 0.25) is 0 Å². The van der Waals surface area contributed by atoms with Crippen LogP contribution in [0.1, 0.15) is 24.8 Å². The fourth-order valence-corrected chi connectivity index (χ4v) is 2.32. The lowest BCUT2D eigenvalue weighted by molar-refractivity contribution is -0.137. The van der Waals surface area contributed by atoms with Crippen LogP contribution in [0.4, 0.5) is 18.9 Å². The number of nitrogens with one attached hydrogen (secondary N) is 1. The molecule has 1 aliphatic rings. The lowest BCUT2D eigenvalue weighted by Crippen LogP contribution is -2.33. The molecule has 0 saturated carbocycles. The summed E-state index contributed by atoms with van der Waals surface area (Å²) in [6.45, 7) is 3.98. The first-order valence-corrected chi connectivity index (χ1v) is 6.69. The second-order valence-electron chi connectivity index (χ2n) is 4.90. The molecule has 1 saturated heterocycles. The van der Waals surface area contributed by atoms with Gasteiger partial charge >= 0.3 is 6.18 Å². The van der Waals surface area contributed by atoms with Gasteiger partial charge in [-0.1, -0.05) is 6.42 Å². The minimum atomic E-state index is -4.26. The van der Waals surface area contributed by atoms with E-state index in [9.17, 15) is 13.2 Å². The number of piperidine rings is 1. The summed E-state index contributed by atoms with van der Waals surface area (Å²) >= 11 is 0. The summed E-state index contributed by atoms with van der Waals surface area (Å²) in [5.41, 5.74) is 0.138. The molecule has 19 heavy (non-hydrogen) atoms. The van der Waals surface area contributed by atoms with Gasteiger partial charge in [-0.25, -0.2) is 0 Å². The molecule has 2 nitrogen and oxygen atoms in total. The van der Waals surface area contributed by atoms with E-state index in [0.717, 1.165) is 44.0 Å². The van der Waals surface area contributed by atoms with Gasteiger partial charge in [-0.15, -0.1) is 0 Å². The predicted molar refractivity (Wildman–Crippen MR) is 70.2 cm³/mol. The predicted octanol–water partition coefficient (Wildman–Crippen LogP) is 3.60. The van der Waals surface area contributed by atoms with E-state index in [4.69, 9.17) is 0 Å². The number of nitrogens with zero attached hydrogens (tertiary/aromatic N) is 1. The molecular formula is C14H19F3N2. The molecule has 0 unspecified atom stereocenters. The van der Waals surface area contributed by atoms with Crippen molar-refractivity contribution in [1.82, 2.24) is 4.90 Å². The van der Waals surface area contributed by atoms with E-state index >= 15 is 0 Å². The minimum Gasteiger partial charge on any atom is -0.384 e. The summed E-state index contributed by atoms with van der Waals surface area (Å²) in [5.74, 6) is 0. The van der Waals surface area contributed by atoms with Gasteiger partial charge in [-0.3, -0.25) is 0 Å². The number of alkyl halides is 3. The van der Waals surface area contributed by atoms with Gasteiger partial charge in [0.05, 0.1) is 5.56 Å². The molecule has 1 aliphatic heterocycles. The number of anilines is 1. The average molecular weight is 272 g/mol. The fraction of sp³-hybridized carbons (Fsp3) is 0.571. The van der Waals surface area contributed by atoms with Gasteiger partial charge < -0.3 is 10.2 Å². The Bertz CT molecular complexity index is 381. The molecule has 0 aliphatic carbocycles. The first-order chi connectivity index (χ1) is 9.05. The lowest BCUT2D eigenvalue weighted by Gasteiger charge is -2.26. The Morgan fingerprint density at radius 2 is 1.63 bits per heavy atom. The molecule has 0 amide bonds. The second-order valence-corrected chi connectivity index (χ2v) is 4.90. The highest BCUT2D eigenvalue weighted by atomic mass is 19.4. The molecule has 5 heteroatoms. The standard InChI is InChI=1S/C14H19F3N2/c15-14(16,17)12-4-6-13(7-5-12)18-8-11-19-9-2-1-3-10-19/h4-7,18H,1-3,8-11H2. The minimum absolute atomic E-state index is 0.603. The molecule has 1 fully saturated rings.